The first kappa shape index (κ1) is 21.2. The maximum absolute atomic E-state index is 14.4. The fourth-order valence-electron chi connectivity index (χ4n) is 2.21. The van der Waals surface area contributed by atoms with E-state index in [1.807, 2.05) is 0 Å². The van der Waals surface area contributed by atoms with Crippen LogP contribution in [0.4, 0.5) is 18.9 Å². The number of rotatable bonds is 6. The molecule has 0 unspecified atom stereocenters. The fraction of sp³-hybridized carbons (Fsp3) is 0.176. The molecule has 0 bridgehead atoms. The van der Waals surface area contributed by atoms with Crippen LogP contribution in [0.5, 0.6) is 0 Å². The summed E-state index contributed by atoms with van der Waals surface area (Å²) in [5.41, 5.74) is 3.29. The standard InChI is InChI=1S/C17H16F3N3O4S/c1-28(26,27)23(13-5-3-2-4-6-13)10-12-8-7-11(9-14(12)18)16(24)21-22-17(25)15(19)20/h2-9,15H,10H2,1H3,(H,21,24)(H,22,25). The molecular formula is C17H16F3N3O4S. The Morgan fingerprint density at radius 2 is 1.71 bits per heavy atom. The third kappa shape index (κ3) is 5.46. The molecule has 0 heterocycles. The molecular weight excluding hydrogens is 399 g/mol. The van der Waals surface area contributed by atoms with Crippen LogP contribution in [0.2, 0.25) is 0 Å². The Balaban J connectivity index is 2.19. The van der Waals surface area contributed by atoms with E-state index in [1.165, 1.54) is 17.6 Å². The molecule has 0 aromatic heterocycles. The number of benzene rings is 2. The molecule has 28 heavy (non-hydrogen) atoms. The molecule has 0 aliphatic rings. The van der Waals surface area contributed by atoms with E-state index >= 15 is 0 Å². The molecule has 2 amide bonds. The van der Waals surface area contributed by atoms with Crippen molar-refractivity contribution < 1.29 is 31.2 Å². The van der Waals surface area contributed by atoms with Crippen molar-refractivity contribution in [1.82, 2.24) is 10.9 Å². The summed E-state index contributed by atoms with van der Waals surface area (Å²) in [7, 11) is -3.72. The van der Waals surface area contributed by atoms with Crippen molar-refractivity contribution in [1.29, 1.82) is 0 Å². The molecule has 2 aromatic carbocycles. The number of carbonyl (C=O) groups is 2. The lowest BCUT2D eigenvalue weighted by atomic mass is 10.1. The Kier molecular flexibility index (Phi) is 6.62. The summed E-state index contributed by atoms with van der Waals surface area (Å²) in [6.45, 7) is -0.321. The number of nitrogens with zero attached hydrogens (tertiary/aromatic N) is 1. The van der Waals surface area contributed by atoms with E-state index in [1.54, 1.807) is 35.8 Å². The number of nitrogens with one attached hydrogen (secondary N) is 2. The van der Waals surface area contributed by atoms with E-state index in [2.05, 4.69) is 0 Å². The van der Waals surface area contributed by atoms with Crippen molar-refractivity contribution in [2.75, 3.05) is 10.6 Å². The van der Waals surface area contributed by atoms with Gasteiger partial charge in [-0.3, -0.25) is 24.7 Å². The fourth-order valence-corrected chi connectivity index (χ4v) is 3.09. The second-order valence-electron chi connectivity index (χ2n) is 5.66. The molecule has 2 aromatic rings. The Hall–Kier alpha value is -3.08. The first-order valence-corrected chi connectivity index (χ1v) is 9.64. The zero-order valence-corrected chi connectivity index (χ0v) is 15.3. The summed E-state index contributed by atoms with van der Waals surface area (Å²) >= 11 is 0. The minimum atomic E-state index is -3.72. The van der Waals surface area contributed by atoms with E-state index in [-0.39, 0.29) is 17.7 Å². The number of hydrogen-bond donors (Lipinski definition) is 2. The zero-order chi connectivity index (χ0) is 20.9. The number of carbonyl (C=O) groups excluding carboxylic acids is 2. The zero-order valence-electron chi connectivity index (χ0n) is 14.5. The van der Waals surface area contributed by atoms with Gasteiger partial charge in [0.25, 0.3) is 5.91 Å². The lowest BCUT2D eigenvalue weighted by Gasteiger charge is -2.22. The monoisotopic (exact) mass is 415 g/mol. The second-order valence-corrected chi connectivity index (χ2v) is 7.56. The van der Waals surface area contributed by atoms with E-state index in [0.717, 1.165) is 16.6 Å². The average molecular weight is 415 g/mol. The molecule has 7 nitrogen and oxygen atoms in total. The molecule has 0 aliphatic heterocycles. The summed E-state index contributed by atoms with van der Waals surface area (Å²) in [6, 6.07) is 11.2. The minimum absolute atomic E-state index is 0.0116. The van der Waals surface area contributed by atoms with Crippen LogP contribution in [0.1, 0.15) is 15.9 Å². The van der Waals surface area contributed by atoms with Crippen LogP contribution in [0.3, 0.4) is 0 Å². The lowest BCUT2D eigenvalue weighted by Crippen LogP contribution is -2.44. The molecule has 0 spiro atoms. The summed E-state index contributed by atoms with van der Waals surface area (Å²) < 4.78 is 63.7. The van der Waals surface area contributed by atoms with Crippen LogP contribution in [-0.4, -0.2) is 32.9 Å². The van der Waals surface area contributed by atoms with Crippen LogP contribution in [-0.2, 0) is 21.4 Å². The third-order valence-electron chi connectivity index (χ3n) is 3.57. The molecule has 11 heteroatoms. The van der Waals surface area contributed by atoms with E-state index in [9.17, 15) is 31.2 Å². The van der Waals surface area contributed by atoms with Gasteiger partial charge in [-0.25, -0.2) is 12.8 Å². The van der Waals surface area contributed by atoms with Gasteiger partial charge < -0.3 is 0 Å². The molecule has 0 aliphatic carbocycles. The van der Waals surface area contributed by atoms with Gasteiger partial charge in [0.1, 0.15) is 5.82 Å². The van der Waals surface area contributed by atoms with Crippen LogP contribution >= 0.6 is 0 Å². The lowest BCUT2D eigenvalue weighted by molar-refractivity contribution is -0.132. The van der Waals surface area contributed by atoms with Crippen molar-refractivity contribution in [2.45, 2.75) is 13.0 Å². The highest BCUT2D eigenvalue weighted by Gasteiger charge is 2.21. The van der Waals surface area contributed by atoms with Gasteiger partial charge in [-0.1, -0.05) is 24.3 Å². The number of amides is 2. The number of anilines is 1. The first-order valence-electron chi connectivity index (χ1n) is 7.79. The molecule has 2 rings (SSSR count). The quantitative estimate of drug-likeness (QED) is 0.704. The van der Waals surface area contributed by atoms with E-state index in [4.69, 9.17) is 0 Å². The van der Waals surface area contributed by atoms with Gasteiger partial charge in [0.2, 0.25) is 10.0 Å². The molecule has 0 radical (unpaired) electrons. The van der Waals surface area contributed by atoms with Gasteiger partial charge in [0.15, 0.2) is 0 Å². The van der Waals surface area contributed by atoms with Gasteiger partial charge >= 0.3 is 12.3 Å². The molecule has 2 N–H and O–H groups in total. The molecule has 0 fully saturated rings. The number of halogens is 3. The molecule has 0 atom stereocenters. The summed E-state index contributed by atoms with van der Waals surface area (Å²) in [4.78, 5) is 22.5. The number of hydrazine groups is 1. The topological polar surface area (TPSA) is 95.6 Å². The van der Waals surface area contributed by atoms with Crippen molar-refractivity contribution >= 4 is 27.5 Å². The van der Waals surface area contributed by atoms with Crippen LogP contribution in [0.15, 0.2) is 48.5 Å². The number of sulfonamides is 1. The largest absolute Gasteiger partial charge is 0.317 e. The Morgan fingerprint density at radius 1 is 1.07 bits per heavy atom. The van der Waals surface area contributed by atoms with Crippen molar-refractivity contribution in [3.8, 4) is 0 Å². The Morgan fingerprint density at radius 3 is 2.25 bits per heavy atom. The first-order chi connectivity index (χ1) is 13.1. The van der Waals surface area contributed by atoms with Gasteiger partial charge in [0.05, 0.1) is 18.5 Å². The summed E-state index contributed by atoms with van der Waals surface area (Å²) in [5.74, 6) is -3.60. The minimum Gasteiger partial charge on any atom is -0.267 e. The van der Waals surface area contributed by atoms with Gasteiger partial charge in [-0.2, -0.15) is 8.78 Å². The Bertz CT molecular complexity index is 969. The van der Waals surface area contributed by atoms with E-state index < -0.39 is 34.1 Å². The smallest absolute Gasteiger partial charge is 0.267 e. The van der Waals surface area contributed by atoms with Gasteiger partial charge in [0, 0.05) is 11.1 Å². The number of para-hydroxylation sites is 1. The number of hydrogen-bond acceptors (Lipinski definition) is 4. The SMILES string of the molecule is CS(=O)(=O)N(Cc1ccc(C(=O)NNC(=O)C(F)F)cc1F)c1ccccc1. The van der Waals surface area contributed by atoms with Crippen LogP contribution in [0.25, 0.3) is 0 Å². The van der Waals surface area contributed by atoms with Gasteiger partial charge in [-0.15, -0.1) is 0 Å². The Labute approximate surface area is 159 Å². The number of alkyl halides is 2. The van der Waals surface area contributed by atoms with Gasteiger partial charge in [-0.05, 0) is 24.3 Å². The maximum Gasteiger partial charge on any atom is 0.317 e. The summed E-state index contributed by atoms with van der Waals surface area (Å²) in [6.07, 6.45) is -2.34. The summed E-state index contributed by atoms with van der Waals surface area (Å²) in [5, 5.41) is 0. The van der Waals surface area contributed by atoms with E-state index in [0.29, 0.717) is 5.69 Å². The van der Waals surface area contributed by atoms with Crippen LogP contribution in [0, 0.1) is 5.82 Å². The highest BCUT2D eigenvalue weighted by molar-refractivity contribution is 7.92. The molecule has 0 saturated carbocycles. The van der Waals surface area contributed by atoms with Crippen LogP contribution < -0.4 is 15.2 Å². The third-order valence-corrected chi connectivity index (χ3v) is 4.71. The molecule has 0 saturated heterocycles. The predicted molar refractivity (Wildman–Crippen MR) is 95.5 cm³/mol. The highest BCUT2D eigenvalue weighted by atomic mass is 32.2. The maximum atomic E-state index is 14.4. The van der Waals surface area contributed by atoms with Crippen molar-refractivity contribution in [2.24, 2.45) is 0 Å². The average Bonchev–Trinajstić information content (AvgIpc) is 2.64. The van der Waals surface area contributed by atoms with Crippen molar-refractivity contribution in [3.05, 3.63) is 65.5 Å². The van der Waals surface area contributed by atoms with Crippen molar-refractivity contribution in [3.63, 3.8) is 0 Å². The molecule has 150 valence electrons. The second kappa shape index (κ2) is 8.74. The predicted octanol–water partition coefficient (Wildman–Crippen LogP) is 1.82. The highest BCUT2D eigenvalue weighted by Crippen LogP contribution is 2.22. The normalized spacial score (nSPS) is 11.2.